The van der Waals surface area contributed by atoms with Gasteiger partial charge in [0.05, 0.1) is 17.3 Å². The number of carbonyl (C=O) groups excluding carboxylic acids is 2. The predicted octanol–water partition coefficient (Wildman–Crippen LogP) is 6.18. The number of hydrogen-bond acceptors (Lipinski definition) is 4. The highest BCUT2D eigenvalue weighted by Crippen LogP contribution is 2.45. The molecule has 7 heteroatoms. The van der Waals surface area contributed by atoms with Crippen LogP contribution in [0, 0.1) is 0 Å². The van der Waals surface area contributed by atoms with Gasteiger partial charge in [-0.3, -0.25) is 14.5 Å². The number of benzene rings is 3. The molecule has 3 aromatic rings. The van der Waals surface area contributed by atoms with Gasteiger partial charge < -0.3 is 9.84 Å². The van der Waals surface area contributed by atoms with E-state index < -0.39 is 17.7 Å². The first-order chi connectivity index (χ1) is 15.9. The Balaban J connectivity index is 1.96. The summed E-state index contributed by atoms with van der Waals surface area (Å²) in [5.41, 5.74) is 1.27. The average molecular weight is 480 g/mol. The summed E-state index contributed by atoms with van der Waals surface area (Å²) in [5.74, 6) is -1.55. The number of ether oxygens (including phenoxy) is 1. The van der Waals surface area contributed by atoms with Gasteiger partial charge in [-0.25, -0.2) is 0 Å². The molecule has 33 heavy (non-hydrogen) atoms. The molecule has 1 fully saturated rings. The van der Waals surface area contributed by atoms with Gasteiger partial charge in [0.25, 0.3) is 11.7 Å². The van der Waals surface area contributed by atoms with Crippen LogP contribution >= 0.6 is 23.2 Å². The fourth-order valence-electron chi connectivity index (χ4n) is 3.74. The second-order valence-electron chi connectivity index (χ2n) is 7.30. The van der Waals surface area contributed by atoms with Crippen molar-refractivity contribution in [3.8, 4) is 5.75 Å². The van der Waals surface area contributed by atoms with E-state index in [9.17, 15) is 14.7 Å². The van der Waals surface area contributed by atoms with Crippen molar-refractivity contribution >= 4 is 46.3 Å². The third-order valence-corrected chi connectivity index (χ3v) is 5.70. The maximum Gasteiger partial charge on any atom is 0.300 e. The zero-order chi connectivity index (χ0) is 23.5. The normalized spacial score (nSPS) is 17.3. The van der Waals surface area contributed by atoms with Crippen molar-refractivity contribution in [1.82, 2.24) is 0 Å². The molecule has 5 nitrogen and oxygen atoms in total. The Bertz CT molecular complexity index is 1250. The maximum absolute atomic E-state index is 13.3. The molecule has 4 rings (SSSR count). The highest BCUT2D eigenvalue weighted by atomic mass is 35.5. The smallest absolute Gasteiger partial charge is 0.300 e. The standard InChI is InChI=1S/C26H19Cl2NO4/c1-2-14-33-21-13-12-19(28)15-20(21)29-23(16-8-10-18(27)11-9-16)22(25(31)26(29)32)24(30)17-6-4-3-5-7-17/h2-13,15,23,30H,1,14H2. The minimum absolute atomic E-state index is 0.0387. The van der Waals surface area contributed by atoms with Crippen LogP contribution in [0.3, 0.4) is 0 Å². The summed E-state index contributed by atoms with van der Waals surface area (Å²) in [6.07, 6.45) is 1.57. The molecular weight excluding hydrogens is 461 g/mol. The second kappa shape index (κ2) is 9.53. The molecule has 0 saturated carbocycles. The number of Topliss-reactive ketones (excluding diaryl/α,β-unsaturated/α-hetero) is 1. The van der Waals surface area contributed by atoms with E-state index >= 15 is 0 Å². The van der Waals surface area contributed by atoms with E-state index in [0.29, 0.717) is 32.6 Å². The van der Waals surface area contributed by atoms with Crippen molar-refractivity contribution in [3.63, 3.8) is 0 Å². The van der Waals surface area contributed by atoms with Crippen LogP contribution in [0.25, 0.3) is 5.76 Å². The minimum atomic E-state index is -0.924. The first kappa shape index (κ1) is 22.6. The van der Waals surface area contributed by atoms with Gasteiger partial charge in [0, 0.05) is 15.6 Å². The summed E-state index contributed by atoms with van der Waals surface area (Å²) in [4.78, 5) is 27.9. The van der Waals surface area contributed by atoms with Crippen LogP contribution < -0.4 is 9.64 Å². The van der Waals surface area contributed by atoms with E-state index in [4.69, 9.17) is 27.9 Å². The third kappa shape index (κ3) is 4.38. The Hall–Kier alpha value is -3.54. The number of anilines is 1. The highest BCUT2D eigenvalue weighted by Gasteiger charge is 2.47. The maximum atomic E-state index is 13.3. The van der Waals surface area contributed by atoms with Gasteiger partial charge in [-0.05, 0) is 35.9 Å². The first-order valence-corrected chi connectivity index (χ1v) is 10.8. The van der Waals surface area contributed by atoms with E-state index in [1.54, 1.807) is 78.9 Å². The lowest BCUT2D eigenvalue weighted by molar-refractivity contribution is -0.132. The number of halogens is 2. The number of hydrogen-bond donors (Lipinski definition) is 1. The number of nitrogens with zero attached hydrogens (tertiary/aromatic N) is 1. The zero-order valence-electron chi connectivity index (χ0n) is 17.4. The van der Waals surface area contributed by atoms with E-state index in [0.717, 1.165) is 0 Å². The monoisotopic (exact) mass is 479 g/mol. The number of aliphatic hydroxyl groups excluding tert-OH is 1. The van der Waals surface area contributed by atoms with Crippen molar-refractivity contribution in [2.75, 3.05) is 11.5 Å². The van der Waals surface area contributed by atoms with Gasteiger partial charge in [-0.15, -0.1) is 0 Å². The first-order valence-electron chi connectivity index (χ1n) is 10.1. The van der Waals surface area contributed by atoms with Crippen molar-refractivity contribution < 1.29 is 19.4 Å². The highest BCUT2D eigenvalue weighted by molar-refractivity contribution is 6.52. The molecule has 1 unspecified atom stereocenters. The van der Waals surface area contributed by atoms with Crippen LogP contribution in [0.15, 0.2) is 91.0 Å². The van der Waals surface area contributed by atoms with Crippen LogP contribution in [-0.2, 0) is 9.59 Å². The molecule has 1 aliphatic rings. The molecule has 166 valence electrons. The lowest BCUT2D eigenvalue weighted by atomic mass is 9.95. The fraction of sp³-hybridized carbons (Fsp3) is 0.0769. The van der Waals surface area contributed by atoms with Crippen LogP contribution in [0.1, 0.15) is 17.2 Å². The summed E-state index contributed by atoms with van der Waals surface area (Å²) in [6.45, 7) is 3.84. The molecule has 1 amide bonds. The third-order valence-electron chi connectivity index (χ3n) is 5.21. The molecular formula is C26H19Cl2NO4. The quantitative estimate of drug-likeness (QED) is 0.198. The van der Waals surface area contributed by atoms with Crippen LogP contribution in [0.5, 0.6) is 5.75 Å². The van der Waals surface area contributed by atoms with Gasteiger partial charge in [-0.1, -0.05) is 78.3 Å². The van der Waals surface area contributed by atoms with Crippen molar-refractivity contribution in [2.24, 2.45) is 0 Å². The van der Waals surface area contributed by atoms with Gasteiger partial charge in [-0.2, -0.15) is 0 Å². The fourth-order valence-corrected chi connectivity index (χ4v) is 4.03. The Kier molecular flexibility index (Phi) is 6.54. The SMILES string of the molecule is C=CCOc1ccc(Cl)cc1N1C(=O)C(=O)C(=C(O)c2ccccc2)C1c1ccc(Cl)cc1. The molecule has 1 atom stereocenters. The number of rotatable bonds is 6. The number of carbonyl (C=O) groups is 2. The largest absolute Gasteiger partial charge is 0.507 e. The molecule has 0 radical (unpaired) electrons. The number of amides is 1. The molecule has 0 spiro atoms. The molecule has 1 heterocycles. The van der Waals surface area contributed by atoms with Crippen molar-refractivity contribution in [2.45, 2.75) is 6.04 Å². The van der Waals surface area contributed by atoms with E-state index in [1.165, 1.54) is 4.90 Å². The molecule has 0 bridgehead atoms. The summed E-state index contributed by atoms with van der Waals surface area (Å²) >= 11 is 12.3. The van der Waals surface area contributed by atoms with Gasteiger partial charge in [0.2, 0.25) is 0 Å². The lowest BCUT2D eigenvalue weighted by Crippen LogP contribution is -2.30. The molecule has 1 N–H and O–H groups in total. The van der Waals surface area contributed by atoms with Gasteiger partial charge in [0.15, 0.2) is 0 Å². The lowest BCUT2D eigenvalue weighted by Gasteiger charge is -2.27. The number of aliphatic hydroxyl groups is 1. The second-order valence-corrected chi connectivity index (χ2v) is 8.17. The van der Waals surface area contributed by atoms with Gasteiger partial charge >= 0.3 is 0 Å². The molecule has 1 aliphatic heterocycles. The molecule has 0 aromatic heterocycles. The Morgan fingerprint density at radius 2 is 1.67 bits per heavy atom. The molecule has 1 saturated heterocycles. The summed E-state index contributed by atoms with van der Waals surface area (Å²) in [7, 11) is 0. The van der Waals surface area contributed by atoms with Crippen LogP contribution in [0.2, 0.25) is 10.0 Å². The molecule has 3 aromatic carbocycles. The Morgan fingerprint density at radius 3 is 2.33 bits per heavy atom. The predicted molar refractivity (Wildman–Crippen MR) is 130 cm³/mol. The summed E-state index contributed by atoms with van der Waals surface area (Å²) in [5, 5.41) is 12.0. The van der Waals surface area contributed by atoms with Crippen molar-refractivity contribution in [3.05, 3.63) is 112 Å². The van der Waals surface area contributed by atoms with Crippen LogP contribution in [-0.4, -0.2) is 23.4 Å². The zero-order valence-corrected chi connectivity index (χ0v) is 18.9. The van der Waals surface area contributed by atoms with E-state index in [-0.39, 0.29) is 17.9 Å². The molecule has 0 aliphatic carbocycles. The summed E-state index contributed by atoms with van der Waals surface area (Å²) in [6, 6.07) is 19.2. The van der Waals surface area contributed by atoms with Crippen molar-refractivity contribution in [1.29, 1.82) is 0 Å². The number of ketones is 1. The minimum Gasteiger partial charge on any atom is -0.507 e. The summed E-state index contributed by atoms with van der Waals surface area (Å²) < 4.78 is 5.74. The Labute approximate surface area is 201 Å². The van der Waals surface area contributed by atoms with Gasteiger partial charge in [0.1, 0.15) is 18.1 Å². The van der Waals surface area contributed by atoms with Crippen LogP contribution in [0.4, 0.5) is 5.69 Å². The van der Waals surface area contributed by atoms with E-state index in [1.807, 2.05) is 0 Å². The Morgan fingerprint density at radius 1 is 1.00 bits per heavy atom. The van der Waals surface area contributed by atoms with E-state index in [2.05, 4.69) is 6.58 Å². The topological polar surface area (TPSA) is 66.8 Å². The average Bonchev–Trinajstić information content (AvgIpc) is 3.09.